The average Bonchev–Trinajstić information content (AvgIpc) is 2.20. The van der Waals surface area contributed by atoms with Crippen LogP contribution in [0.5, 0.6) is 0 Å². The molecule has 0 aromatic heterocycles. The number of hydrogen-bond donors (Lipinski definition) is 1. The number of Topliss-reactive ketones (excluding diaryl/α,β-unsaturated/α-hetero) is 1. The van der Waals surface area contributed by atoms with Crippen molar-refractivity contribution in [3.63, 3.8) is 0 Å². The van der Waals surface area contributed by atoms with E-state index in [-0.39, 0.29) is 5.78 Å². The van der Waals surface area contributed by atoms with Crippen molar-refractivity contribution in [3.05, 3.63) is 35.9 Å². The molecule has 1 aromatic carbocycles. The average molecular weight is 208 g/mol. The van der Waals surface area contributed by atoms with Gasteiger partial charge in [0.05, 0.1) is 0 Å². The molecule has 0 atom stereocenters. The highest BCUT2D eigenvalue weighted by molar-refractivity contribution is 5.93. The highest BCUT2D eigenvalue weighted by Crippen LogP contribution is 1.97. The lowest BCUT2D eigenvalue weighted by molar-refractivity contribution is -0.137. The molecule has 1 rings (SSSR count). The van der Waals surface area contributed by atoms with E-state index in [0.29, 0.717) is 6.42 Å². The molecular weight excluding hydrogens is 192 g/mol. The molecular formula is C12H16O3. The van der Waals surface area contributed by atoms with Crippen molar-refractivity contribution in [2.45, 2.75) is 26.7 Å². The highest BCUT2D eigenvalue weighted by Gasteiger charge is 1.92. The van der Waals surface area contributed by atoms with Crippen LogP contribution in [0, 0.1) is 0 Å². The molecule has 0 spiro atoms. The number of carbonyl (C=O) groups excluding carboxylic acids is 1. The number of carbonyl (C=O) groups is 2. The minimum absolute atomic E-state index is 0.121. The topological polar surface area (TPSA) is 54.4 Å². The maximum Gasteiger partial charge on any atom is 0.303 e. The zero-order chi connectivity index (χ0) is 11.7. The monoisotopic (exact) mass is 208 g/mol. The molecule has 3 nitrogen and oxygen atoms in total. The second kappa shape index (κ2) is 7.74. The highest BCUT2D eigenvalue weighted by atomic mass is 16.4. The predicted molar refractivity (Wildman–Crippen MR) is 59.0 cm³/mol. The fourth-order valence-corrected chi connectivity index (χ4v) is 0.887. The zero-order valence-electron chi connectivity index (χ0n) is 9.06. The molecule has 0 unspecified atom stereocenters. The first-order chi connectivity index (χ1) is 7.07. The normalized spacial score (nSPS) is 8.67. The first-order valence-corrected chi connectivity index (χ1v) is 4.85. The lowest BCUT2D eigenvalue weighted by Gasteiger charge is -1.89. The fourth-order valence-electron chi connectivity index (χ4n) is 0.887. The summed E-state index contributed by atoms with van der Waals surface area (Å²) in [5.41, 5.74) is 0.775. The lowest BCUT2D eigenvalue weighted by atomic mass is 10.2. The van der Waals surface area contributed by atoms with Crippen LogP contribution in [0.4, 0.5) is 0 Å². The van der Waals surface area contributed by atoms with E-state index in [1.54, 1.807) is 6.92 Å². The van der Waals surface area contributed by atoms with E-state index in [4.69, 9.17) is 5.11 Å². The summed E-state index contributed by atoms with van der Waals surface area (Å²) in [4.78, 5) is 20.2. The minimum Gasteiger partial charge on any atom is -0.481 e. The van der Waals surface area contributed by atoms with Gasteiger partial charge < -0.3 is 5.11 Å². The molecule has 82 valence electrons. The Labute approximate surface area is 89.7 Å². The van der Waals surface area contributed by atoms with Gasteiger partial charge in [-0.25, -0.2) is 0 Å². The van der Waals surface area contributed by atoms with Crippen LogP contribution in [-0.2, 0) is 4.79 Å². The Morgan fingerprint density at radius 2 is 1.73 bits per heavy atom. The quantitative estimate of drug-likeness (QED) is 0.777. The van der Waals surface area contributed by atoms with Crippen molar-refractivity contribution in [3.8, 4) is 0 Å². The Hall–Kier alpha value is -1.64. The van der Waals surface area contributed by atoms with Crippen LogP contribution in [0.3, 0.4) is 0 Å². The van der Waals surface area contributed by atoms with Gasteiger partial charge in [-0.15, -0.1) is 0 Å². The van der Waals surface area contributed by atoms with Gasteiger partial charge in [0.15, 0.2) is 5.78 Å². The van der Waals surface area contributed by atoms with Crippen LogP contribution < -0.4 is 0 Å². The maximum absolute atomic E-state index is 10.6. The van der Waals surface area contributed by atoms with Gasteiger partial charge in [-0.2, -0.15) is 0 Å². The van der Waals surface area contributed by atoms with Crippen molar-refractivity contribution >= 4 is 11.8 Å². The van der Waals surface area contributed by atoms with E-state index in [0.717, 1.165) is 12.0 Å². The van der Waals surface area contributed by atoms with Crippen LogP contribution in [0.15, 0.2) is 30.3 Å². The van der Waals surface area contributed by atoms with Crippen molar-refractivity contribution in [2.75, 3.05) is 0 Å². The van der Waals surface area contributed by atoms with Gasteiger partial charge in [0, 0.05) is 12.0 Å². The van der Waals surface area contributed by atoms with Crippen molar-refractivity contribution < 1.29 is 14.7 Å². The molecule has 0 heterocycles. The fraction of sp³-hybridized carbons (Fsp3) is 0.333. The molecule has 0 radical (unpaired) electrons. The largest absolute Gasteiger partial charge is 0.481 e. The smallest absolute Gasteiger partial charge is 0.303 e. The summed E-state index contributed by atoms with van der Waals surface area (Å²) in [7, 11) is 0. The van der Waals surface area contributed by atoms with Crippen molar-refractivity contribution in [1.82, 2.24) is 0 Å². The third kappa shape index (κ3) is 7.43. The van der Waals surface area contributed by atoms with Crippen LogP contribution >= 0.6 is 0 Å². The van der Waals surface area contributed by atoms with E-state index >= 15 is 0 Å². The molecule has 0 saturated carbocycles. The Morgan fingerprint density at radius 1 is 1.20 bits per heavy atom. The predicted octanol–water partition coefficient (Wildman–Crippen LogP) is 2.76. The lowest BCUT2D eigenvalue weighted by Crippen LogP contribution is -1.90. The van der Waals surface area contributed by atoms with E-state index in [2.05, 4.69) is 0 Å². The van der Waals surface area contributed by atoms with E-state index in [1.807, 2.05) is 37.3 Å². The van der Waals surface area contributed by atoms with Gasteiger partial charge in [-0.05, 0) is 13.3 Å². The summed E-state index contributed by atoms with van der Waals surface area (Å²) in [6.07, 6.45) is 1.02. The molecule has 1 N–H and O–H groups in total. The third-order valence-electron chi connectivity index (χ3n) is 1.64. The maximum atomic E-state index is 10.6. The number of hydrogen-bond acceptors (Lipinski definition) is 2. The number of rotatable bonds is 3. The Balaban J connectivity index is 0.000000288. The Morgan fingerprint density at radius 3 is 1.93 bits per heavy atom. The summed E-state index contributed by atoms with van der Waals surface area (Å²) in [6.45, 7) is 3.41. The SMILES string of the molecule is CC(=O)c1ccccc1.CCCC(=O)O. The summed E-state index contributed by atoms with van der Waals surface area (Å²) in [5, 5.41) is 7.91. The molecule has 3 heteroatoms. The molecule has 0 aliphatic rings. The molecule has 0 saturated heterocycles. The van der Waals surface area contributed by atoms with Crippen molar-refractivity contribution in [1.29, 1.82) is 0 Å². The van der Waals surface area contributed by atoms with Gasteiger partial charge in [0.1, 0.15) is 0 Å². The number of aliphatic carboxylic acids is 1. The molecule has 0 aliphatic carbocycles. The third-order valence-corrected chi connectivity index (χ3v) is 1.64. The second-order valence-corrected chi connectivity index (χ2v) is 3.07. The van der Waals surface area contributed by atoms with Gasteiger partial charge in [-0.1, -0.05) is 37.3 Å². The molecule has 0 amide bonds. The van der Waals surface area contributed by atoms with Crippen LogP contribution in [0.2, 0.25) is 0 Å². The second-order valence-electron chi connectivity index (χ2n) is 3.07. The summed E-state index contributed by atoms with van der Waals surface area (Å²) < 4.78 is 0. The molecule has 0 aliphatic heterocycles. The summed E-state index contributed by atoms with van der Waals surface area (Å²) in [6, 6.07) is 9.23. The van der Waals surface area contributed by atoms with Gasteiger partial charge in [-0.3, -0.25) is 9.59 Å². The number of carboxylic acid groups (broad SMARTS) is 1. The Bertz CT molecular complexity index is 304. The van der Waals surface area contributed by atoms with Crippen LogP contribution in [0.1, 0.15) is 37.0 Å². The van der Waals surface area contributed by atoms with E-state index < -0.39 is 5.97 Å². The molecule has 0 fully saturated rings. The minimum atomic E-state index is -0.711. The van der Waals surface area contributed by atoms with Gasteiger partial charge in [0.2, 0.25) is 0 Å². The first-order valence-electron chi connectivity index (χ1n) is 4.85. The molecule has 15 heavy (non-hydrogen) atoms. The number of ketones is 1. The number of benzene rings is 1. The van der Waals surface area contributed by atoms with Gasteiger partial charge in [0.25, 0.3) is 0 Å². The van der Waals surface area contributed by atoms with Crippen LogP contribution in [0.25, 0.3) is 0 Å². The standard InChI is InChI=1S/C8H8O.C4H8O2/c1-7(9)8-5-3-2-4-6-8;1-2-3-4(5)6/h2-6H,1H3;2-3H2,1H3,(H,5,6). The Kier molecular flexibility index (Phi) is 6.89. The summed E-state index contributed by atoms with van der Waals surface area (Å²) in [5.74, 6) is -0.590. The van der Waals surface area contributed by atoms with Crippen LogP contribution in [-0.4, -0.2) is 16.9 Å². The molecule has 1 aromatic rings. The summed E-state index contributed by atoms with van der Waals surface area (Å²) >= 11 is 0. The van der Waals surface area contributed by atoms with Crippen molar-refractivity contribution in [2.24, 2.45) is 0 Å². The molecule has 0 bridgehead atoms. The number of carboxylic acids is 1. The van der Waals surface area contributed by atoms with E-state index in [1.165, 1.54) is 0 Å². The first kappa shape index (κ1) is 13.4. The van der Waals surface area contributed by atoms with Gasteiger partial charge >= 0.3 is 5.97 Å². The van der Waals surface area contributed by atoms with E-state index in [9.17, 15) is 9.59 Å². The zero-order valence-corrected chi connectivity index (χ0v) is 9.06.